The summed E-state index contributed by atoms with van der Waals surface area (Å²) in [7, 11) is 0. The Morgan fingerprint density at radius 1 is 1.33 bits per heavy atom. The number of nitrogens with zero attached hydrogens (tertiary/aromatic N) is 2. The minimum absolute atomic E-state index is 0.00693. The van der Waals surface area contributed by atoms with Crippen molar-refractivity contribution in [2.45, 2.75) is 41.5 Å². The predicted octanol–water partition coefficient (Wildman–Crippen LogP) is 3.66. The summed E-state index contributed by atoms with van der Waals surface area (Å²) in [5.41, 5.74) is 1.73. The minimum atomic E-state index is -0.00693. The van der Waals surface area contributed by atoms with Crippen LogP contribution in [0.2, 0.25) is 0 Å². The first kappa shape index (κ1) is 17.5. The van der Waals surface area contributed by atoms with E-state index in [-0.39, 0.29) is 11.3 Å². The van der Waals surface area contributed by atoms with Crippen LogP contribution in [0.25, 0.3) is 0 Å². The molecule has 1 heterocycles. The van der Waals surface area contributed by atoms with Gasteiger partial charge in [-0.05, 0) is 37.3 Å². The molecule has 118 valence electrons. The number of hydrogen-bond donors (Lipinski definition) is 1. The Morgan fingerprint density at radius 2 is 1.95 bits per heavy atom. The van der Waals surface area contributed by atoms with E-state index in [2.05, 4.69) is 38.0 Å². The Balaban J connectivity index is 2.75. The fraction of sp³-hybridized carbons (Fsp3) is 0.647. The molecule has 0 radical (unpaired) electrons. The highest BCUT2D eigenvalue weighted by molar-refractivity contribution is 5.93. The molecule has 1 rings (SSSR count). The summed E-state index contributed by atoms with van der Waals surface area (Å²) in [6, 6.07) is 3.75. The second kappa shape index (κ2) is 7.43. The molecule has 0 aromatic carbocycles. The zero-order valence-corrected chi connectivity index (χ0v) is 14.2. The number of amides is 1. The van der Waals surface area contributed by atoms with Crippen molar-refractivity contribution in [2.24, 2.45) is 11.3 Å². The van der Waals surface area contributed by atoms with Gasteiger partial charge in [-0.15, -0.1) is 0 Å². The van der Waals surface area contributed by atoms with Crippen LogP contribution in [0.15, 0.2) is 18.3 Å². The van der Waals surface area contributed by atoms with Gasteiger partial charge in [0.1, 0.15) is 5.69 Å². The molecule has 21 heavy (non-hydrogen) atoms. The number of anilines is 1. The molecule has 4 heteroatoms. The summed E-state index contributed by atoms with van der Waals surface area (Å²) in [6.45, 7) is 15.2. The summed E-state index contributed by atoms with van der Waals surface area (Å²) in [5.74, 6) is 0.528. The van der Waals surface area contributed by atoms with Gasteiger partial charge in [0.05, 0.1) is 0 Å². The second-order valence-electron chi connectivity index (χ2n) is 6.56. The van der Waals surface area contributed by atoms with Gasteiger partial charge in [0.2, 0.25) is 0 Å². The second-order valence-corrected chi connectivity index (χ2v) is 6.56. The van der Waals surface area contributed by atoms with Gasteiger partial charge in [0.25, 0.3) is 5.91 Å². The van der Waals surface area contributed by atoms with Gasteiger partial charge >= 0.3 is 0 Å². The van der Waals surface area contributed by atoms with Gasteiger partial charge < -0.3 is 10.2 Å². The fourth-order valence-corrected chi connectivity index (χ4v) is 1.91. The molecular formula is C17H29N3O. The van der Waals surface area contributed by atoms with Gasteiger partial charge in [-0.25, -0.2) is 0 Å². The Bertz CT molecular complexity index is 461. The molecule has 1 atom stereocenters. The number of nitrogens with one attached hydrogen (secondary N) is 1. The van der Waals surface area contributed by atoms with E-state index in [0.717, 1.165) is 12.2 Å². The van der Waals surface area contributed by atoms with Crippen LogP contribution in [0.3, 0.4) is 0 Å². The summed E-state index contributed by atoms with van der Waals surface area (Å²) in [4.78, 5) is 18.3. The number of aromatic nitrogens is 1. The first-order valence-electron chi connectivity index (χ1n) is 7.78. The van der Waals surface area contributed by atoms with Crippen molar-refractivity contribution in [3.8, 4) is 0 Å². The van der Waals surface area contributed by atoms with Gasteiger partial charge in [0.15, 0.2) is 0 Å². The molecule has 1 unspecified atom stereocenters. The van der Waals surface area contributed by atoms with Gasteiger partial charge in [-0.2, -0.15) is 0 Å². The van der Waals surface area contributed by atoms with Crippen LogP contribution < -0.4 is 5.32 Å². The van der Waals surface area contributed by atoms with Crippen LogP contribution in [0, 0.1) is 11.3 Å². The van der Waals surface area contributed by atoms with E-state index in [0.29, 0.717) is 24.7 Å². The molecule has 0 bridgehead atoms. The van der Waals surface area contributed by atoms with Crippen LogP contribution in [-0.4, -0.2) is 35.4 Å². The molecular weight excluding hydrogens is 262 g/mol. The van der Waals surface area contributed by atoms with Crippen molar-refractivity contribution < 1.29 is 4.79 Å². The third-order valence-electron chi connectivity index (χ3n) is 4.12. The molecule has 0 aliphatic rings. The van der Waals surface area contributed by atoms with E-state index in [9.17, 15) is 4.79 Å². The standard InChI is InChI=1S/C17H29N3O/c1-7-20(8-2)16(21)15-11-14(9-10-18-15)19-12-13(3)17(4,5)6/h9-11,13H,7-8,12H2,1-6H3,(H,18,19). The van der Waals surface area contributed by atoms with Gasteiger partial charge in [-0.3, -0.25) is 9.78 Å². The molecule has 0 aliphatic heterocycles. The van der Waals surface area contributed by atoms with Crippen molar-refractivity contribution in [3.05, 3.63) is 24.0 Å². The summed E-state index contributed by atoms with van der Waals surface area (Å²) < 4.78 is 0. The maximum Gasteiger partial charge on any atom is 0.272 e. The number of carbonyl (C=O) groups excluding carboxylic acids is 1. The van der Waals surface area contributed by atoms with Crippen LogP contribution in [0.1, 0.15) is 52.0 Å². The quantitative estimate of drug-likeness (QED) is 0.870. The molecule has 0 fully saturated rings. The normalized spacial score (nSPS) is 12.9. The van der Waals surface area contributed by atoms with Crippen LogP contribution in [-0.2, 0) is 0 Å². The number of rotatable bonds is 6. The Labute approximate surface area is 129 Å². The average molecular weight is 291 g/mol. The highest BCUT2D eigenvalue weighted by Gasteiger charge is 2.20. The minimum Gasteiger partial charge on any atom is -0.385 e. The largest absolute Gasteiger partial charge is 0.385 e. The number of hydrogen-bond acceptors (Lipinski definition) is 3. The molecule has 0 saturated carbocycles. The Morgan fingerprint density at radius 3 is 2.48 bits per heavy atom. The van der Waals surface area contributed by atoms with E-state index < -0.39 is 0 Å². The van der Waals surface area contributed by atoms with Crippen molar-refractivity contribution in [3.63, 3.8) is 0 Å². The van der Waals surface area contributed by atoms with Crippen molar-refractivity contribution in [2.75, 3.05) is 25.0 Å². The van der Waals surface area contributed by atoms with E-state index >= 15 is 0 Å². The lowest BCUT2D eigenvalue weighted by Gasteiger charge is -2.27. The monoisotopic (exact) mass is 291 g/mol. The maximum absolute atomic E-state index is 12.3. The lowest BCUT2D eigenvalue weighted by atomic mass is 9.82. The molecule has 0 spiro atoms. The van der Waals surface area contributed by atoms with Gasteiger partial charge in [-0.1, -0.05) is 27.7 Å². The topological polar surface area (TPSA) is 45.2 Å². The van der Waals surface area contributed by atoms with Crippen molar-refractivity contribution in [1.82, 2.24) is 9.88 Å². The zero-order valence-electron chi connectivity index (χ0n) is 14.2. The smallest absolute Gasteiger partial charge is 0.272 e. The molecule has 0 saturated heterocycles. The van der Waals surface area contributed by atoms with E-state index in [1.807, 2.05) is 26.0 Å². The summed E-state index contributed by atoms with van der Waals surface area (Å²) in [6.07, 6.45) is 1.70. The Kier molecular flexibility index (Phi) is 6.19. The van der Waals surface area contributed by atoms with Crippen LogP contribution >= 0.6 is 0 Å². The highest BCUT2D eigenvalue weighted by Crippen LogP contribution is 2.25. The van der Waals surface area contributed by atoms with Crippen molar-refractivity contribution >= 4 is 11.6 Å². The van der Waals surface area contributed by atoms with Crippen LogP contribution in [0.4, 0.5) is 5.69 Å². The molecule has 0 aliphatic carbocycles. The third kappa shape index (κ3) is 5.03. The van der Waals surface area contributed by atoms with E-state index in [4.69, 9.17) is 0 Å². The molecule has 1 N–H and O–H groups in total. The lowest BCUT2D eigenvalue weighted by molar-refractivity contribution is 0.0767. The third-order valence-corrected chi connectivity index (χ3v) is 4.12. The lowest BCUT2D eigenvalue weighted by Crippen LogP contribution is -2.31. The summed E-state index contributed by atoms with van der Waals surface area (Å²) in [5, 5.41) is 3.41. The molecule has 4 nitrogen and oxygen atoms in total. The first-order valence-corrected chi connectivity index (χ1v) is 7.78. The SMILES string of the molecule is CCN(CC)C(=O)c1cc(NCC(C)C(C)(C)C)ccn1. The molecule has 1 amide bonds. The first-order chi connectivity index (χ1) is 9.79. The van der Waals surface area contributed by atoms with E-state index in [1.165, 1.54) is 0 Å². The summed E-state index contributed by atoms with van der Waals surface area (Å²) >= 11 is 0. The van der Waals surface area contributed by atoms with Gasteiger partial charge in [0, 0.05) is 31.5 Å². The van der Waals surface area contributed by atoms with Crippen molar-refractivity contribution in [1.29, 1.82) is 0 Å². The average Bonchev–Trinajstić information content (AvgIpc) is 2.45. The number of carbonyl (C=O) groups is 1. The Hall–Kier alpha value is -1.58. The maximum atomic E-state index is 12.3. The van der Waals surface area contributed by atoms with Crippen LogP contribution in [0.5, 0.6) is 0 Å². The number of pyridine rings is 1. The molecule has 1 aromatic heterocycles. The predicted molar refractivity (Wildman–Crippen MR) is 88.6 cm³/mol. The fourth-order valence-electron chi connectivity index (χ4n) is 1.91. The zero-order chi connectivity index (χ0) is 16.0. The highest BCUT2D eigenvalue weighted by atomic mass is 16.2. The molecule has 1 aromatic rings. The van der Waals surface area contributed by atoms with E-state index in [1.54, 1.807) is 11.1 Å².